The molecule has 0 atom stereocenters. The first kappa shape index (κ1) is 10.5. The van der Waals surface area contributed by atoms with Gasteiger partial charge in [0, 0.05) is 5.82 Å². The van der Waals surface area contributed by atoms with Crippen molar-refractivity contribution in [2.75, 3.05) is 0 Å². The predicted molar refractivity (Wildman–Crippen MR) is 52.3 cm³/mol. The van der Waals surface area contributed by atoms with E-state index in [1.165, 1.54) is 0 Å². The predicted octanol–water partition coefficient (Wildman–Crippen LogP) is 2.40. The van der Waals surface area contributed by atoms with Crippen molar-refractivity contribution in [1.82, 2.24) is 0 Å². The lowest BCUT2D eigenvalue weighted by Gasteiger charge is -1.99. The lowest BCUT2D eigenvalue weighted by Crippen LogP contribution is -1.77. The van der Waals surface area contributed by atoms with E-state index in [0.29, 0.717) is 5.56 Å². The molecule has 0 saturated carbocycles. The number of rotatable bonds is 2. The quantitative estimate of drug-likeness (QED) is 0.750. The monoisotopic (exact) mass is 218 g/mol. The average molecular weight is 219 g/mol. The topological polar surface area (TPSA) is 57.5 Å². The van der Waals surface area contributed by atoms with Crippen LogP contribution in [0.5, 0.6) is 0 Å². The molecule has 0 spiro atoms. The van der Waals surface area contributed by atoms with Gasteiger partial charge in [-0.15, -0.1) is 0 Å². The zero-order chi connectivity index (χ0) is 9.90. The van der Waals surface area contributed by atoms with E-state index in [-0.39, 0.29) is 5.03 Å². The Morgan fingerprint density at radius 1 is 1.31 bits per heavy atom. The van der Waals surface area contributed by atoms with Crippen molar-refractivity contribution in [3.63, 3.8) is 0 Å². The Labute approximate surface area is 80.8 Å². The minimum absolute atomic E-state index is 0.0638. The number of hydrogen-bond donors (Lipinski definition) is 2. The van der Waals surface area contributed by atoms with E-state index in [1.54, 1.807) is 30.3 Å². The van der Waals surface area contributed by atoms with E-state index in [0.717, 1.165) is 5.82 Å². The molecule has 1 aromatic rings. The maximum atomic E-state index is 10.5. The van der Waals surface area contributed by atoms with Crippen LogP contribution < -0.4 is 0 Å². The summed E-state index contributed by atoms with van der Waals surface area (Å²) >= 11 is 5.66. The number of hydrogen-bond acceptors (Lipinski definition) is 1. The second-order valence-corrected chi connectivity index (χ2v) is 4.28. The molecule has 70 valence electrons. The summed E-state index contributed by atoms with van der Waals surface area (Å²) in [5.74, 6) is 0.740. The highest BCUT2D eigenvalue weighted by Gasteiger charge is 2.10. The van der Waals surface area contributed by atoms with Crippen molar-refractivity contribution in [2.45, 2.75) is 0 Å². The Balaban J connectivity index is 2.99. The van der Waals surface area contributed by atoms with E-state index in [2.05, 4.69) is 0 Å². The van der Waals surface area contributed by atoms with Gasteiger partial charge in [0.05, 0.1) is 5.03 Å². The van der Waals surface area contributed by atoms with Gasteiger partial charge in [0.25, 0.3) is 0 Å². The maximum Gasteiger partial charge on any atom is 0.350 e. The molecule has 0 amide bonds. The Morgan fingerprint density at radius 2 is 1.85 bits per heavy atom. The van der Waals surface area contributed by atoms with Crippen molar-refractivity contribution in [3.05, 3.63) is 41.7 Å². The summed E-state index contributed by atoms with van der Waals surface area (Å²) in [6.07, 6.45) is 0. The summed E-state index contributed by atoms with van der Waals surface area (Å²) in [6, 6.07) is 8.63. The van der Waals surface area contributed by atoms with Gasteiger partial charge in [0.1, 0.15) is 0 Å². The van der Waals surface area contributed by atoms with Gasteiger partial charge in [-0.05, 0) is 5.56 Å². The molecule has 0 aliphatic heterocycles. The van der Waals surface area contributed by atoms with Gasteiger partial charge in [-0.2, -0.15) is 0 Å². The molecule has 0 aromatic heterocycles. The lowest BCUT2D eigenvalue weighted by molar-refractivity contribution is 0.386. The summed E-state index contributed by atoms with van der Waals surface area (Å²) in [5, 5.41) is 0.0638. The van der Waals surface area contributed by atoms with Crippen LogP contribution in [0.15, 0.2) is 36.1 Å². The fourth-order valence-electron chi connectivity index (χ4n) is 0.820. The molecule has 0 heterocycles. The third-order valence-corrected chi connectivity index (χ3v) is 2.41. The van der Waals surface area contributed by atoms with E-state index < -0.39 is 7.60 Å². The van der Waals surface area contributed by atoms with Gasteiger partial charge in [-0.1, -0.05) is 41.9 Å². The van der Waals surface area contributed by atoms with Crippen LogP contribution in [-0.2, 0) is 4.57 Å². The molecule has 13 heavy (non-hydrogen) atoms. The van der Waals surface area contributed by atoms with Gasteiger partial charge in [0.2, 0.25) is 0 Å². The molecule has 3 nitrogen and oxygen atoms in total. The minimum atomic E-state index is -4.18. The maximum absolute atomic E-state index is 10.5. The molecular formula is C8H8ClO3P. The van der Waals surface area contributed by atoms with E-state index >= 15 is 0 Å². The van der Waals surface area contributed by atoms with Gasteiger partial charge in [-0.3, -0.25) is 4.57 Å². The van der Waals surface area contributed by atoms with Crippen LogP contribution in [0.1, 0.15) is 5.56 Å². The van der Waals surface area contributed by atoms with Crippen LogP contribution in [0.4, 0.5) is 0 Å². The lowest BCUT2D eigenvalue weighted by atomic mass is 10.2. The van der Waals surface area contributed by atoms with Crippen molar-refractivity contribution in [2.24, 2.45) is 0 Å². The molecule has 2 N–H and O–H groups in total. The Morgan fingerprint density at radius 3 is 2.31 bits per heavy atom. The Bertz CT molecular complexity index is 355. The molecule has 0 fully saturated rings. The van der Waals surface area contributed by atoms with Gasteiger partial charge in [0.15, 0.2) is 0 Å². The third kappa shape index (κ3) is 3.75. The van der Waals surface area contributed by atoms with Gasteiger partial charge >= 0.3 is 7.60 Å². The van der Waals surface area contributed by atoms with Crippen LogP contribution in [0, 0.1) is 0 Å². The molecule has 1 aromatic carbocycles. The van der Waals surface area contributed by atoms with E-state index in [4.69, 9.17) is 21.4 Å². The molecule has 0 unspecified atom stereocenters. The van der Waals surface area contributed by atoms with Crippen LogP contribution in [-0.4, -0.2) is 9.79 Å². The number of halogens is 1. The van der Waals surface area contributed by atoms with Crippen LogP contribution in [0.3, 0.4) is 0 Å². The smallest absolute Gasteiger partial charge is 0.321 e. The molecular weight excluding hydrogens is 211 g/mol. The van der Waals surface area contributed by atoms with E-state index in [1.807, 2.05) is 0 Å². The van der Waals surface area contributed by atoms with Crippen LogP contribution in [0.2, 0.25) is 0 Å². The molecule has 0 aliphatic rings. The molecule has 0 bridgehead atoms. The van der Waals surface area contributed by atoms with Crippen LogP contribution >= 0.6 is 19.2 Å². The molecule has 5 heteroatoms. The molecule has 0 aliphatic carbocycles. The summed E-state index contributed by atoms with van der Waals surface area (Å²) in [4.78, 5) is 17.2. The first-order valence-corrected chi connectivity index (χ1v) is 5.54. The number of benzene rings is 1. The first-order valence-electron chi connectivity index (χ1n) is 3.48. The highest BCUT2D eigenvalue weighted by Crippen LogP contribution is 2.40. The van der Waals surface area contributed by atoms with Crippen molar-refractivity contribution in [1.29, 1.82) is 0 Å². The highest BCUT2D eigenvalue weighted by atomic mass is 35.5. The second kappa shape index (κ2) is 4.07. The normalized spacial score (nSPS) is 13.0. The SMILES string of the molecule is O=P(O)(O)/C=C(/Cl)c1ccccc1. The standard InChI is InChI=1S/C8H8ClO3P/c9-8(6-13(10,11)12)7-4-2-1-3-5-7/h1-6H,(H2,10,11,12)/b8-6+. The van der Waals surface area contributed by atoms with E-state index in [9.17, 15) is 4.57 Å². The fraction of sp³-hybridized carbons (Fsp3) is 0. The second-order valence-electron chi connectivity index (χ2n) is 2.43. The fourth-order valence-corrected chi connectivity index (χ4v) is 1.77. The average Bonchev–Trinajstić information content (AvgIpc) is 2.03. The molecule has 1 rings (SSSR count). The highest BCUT2D eigenvalue weighted by molar-refractivity contribution is 7.55. The van der Waals surface area contributed by atoms with Gasteiger partial charge in [-0.25, -0.2) is 0 Å². The summed E-state index contributed by atoms with van der Waals surface area (Å²) in [6.45, 7) is 0. The zero-order valence-corrected chi connectivity index (χ0v) is 8.24. The molecule has 0 radical (unpaired) electrons. The Hall–Kier alpha value is -0.600. The summed E-state index contributed by atoms with van der Waals surface area (Å²) in [7, 11) is -4.18. The van der Waals surface area contributed by atoms with Crippen LogP contribution in [0.25, 0.3) is 5.03 Å². The first-order chi connectivity index (χ1) is 5.99. The largest absolute Gasteiger partial charge is 0.350 e. The molecule has 0 saturated heterocycles. The van der Waals surface area contributed by atoms with Gasteiger partial charge < -0.3 is 9.79 Å². The third-order valence-electron chi connectivity index (χ3n) is 1.33. The summed E-state index contributed by atoms with van der Waals surface area (Å²) in [5.41, 5.74) is 0.590. The van der Waals surface area contributed by atoms with Crippen molar-refractivity contribution >= 4 is 24.2 Å². The zero-order valence-electron chi connectivity index (χ0n) is 6.59. The summed E-state index contributed by atoms with van der Waals surface area (Å²) < 4.78 is 10.5. The Kier molecular flexibility index (Phi) is 3.28. The van der Waals surface area contributed by atoms with Crippen molar-refractivity contribution in [3.8, 4) is 0 Å². The van der Waals surface area contributed by atoms with Crippen molar-refractivity contribution < 1.29 is 14.4 Å². The minimum Gasteiger partial charge on any atom is -0.321 e.